The Balaban J connectivity index is 2.39. The molecular weight excluding hydrogens is 216 g/mol. The van der Waals surface area contributed by atoms with E-state index in [-0.39, 0.29) is 11.9 Å². The molecule has 0 saturated heterocycles. The number of amides is 1. The third kappa shape index (κ3) is 4.56. The number of nitrogens with zero attached hydrogens (tertiary/aromatic N) is 2. The second-order valence-corrected chi connectivity index (χ2v) is 4.75. The number of hydrogen-bond donors (Lipinski definition) is 2. The Morgan fingerprint density at radius 2 is 2.24 bits per heavy atom. The molecule has 1 amide bonds. The van der Waals surface area contributed by atoms with E-state index in [2.05, 4.69) is 24.1 Å². The third-order valence-electron chi connectivity index (χ3n) is 2.50. The lowest BCUT2D eigenvalue weighted by atomic mass is 10.2. The fourth-order valence-corrected chi connectivity index (χ4v) is 1.53. The monoisotopic (exact) mass is 238 g/mol. The van der Waals surface area contributed by atoms with Gasteiger partial charge in [0.1, 0.15) is 0 Å². The van der Waals surface area contributed by atoms with Crippen LogP contribution in [0.5, 0.6) is 0 Å². The molecule has 0 unspecified atom stereocenters. The Morgan fingerprint density at radius 1 is 1.53 bits per heavy atom. The minimum absolute atomic E-state index is 0.0591. The van der Waals surface area contributed by atoms with Crippen molar-refractivity contribution < 1.29 is 4.79 Å². The third-order valence-corrected chi connectivity index (χ3v) is 2.50. The predicted octanol–water partition coefficient (Wildman–Crippen LogP) is 1.07. The SMILES string of the molecule is CC(C)CNC(=O)CCn1cncc1[C@@H](C)N. The van der Waals surface area contributed by atoms with Gasteiger partial charge in [-0.2, -0.15) is 0 Å². The molecule has 1 aromatic rings. The van der Waals surface area contributed by atoms with Gasteiger partial charge in [-0.1, -0.05) is 13.8 Å². The van der Waals surface area contributed by atoms with E-state index >= 15 is 0 Å². The van der Waals surface area contributed by atoms with E-state index in [1.54, 1.807) is 12.5 Å². The Bertz CT molecular complexity index is 357. The van der Waals surface area contributed by atoms with E-state index < -0.39 is 0 Å². The molecule has 96 valence electrons. The van der Waals surface area contributed by atoms with Crippen LogP contribution in [0.2, 0.25) is 0 Å². The van der Waals surface area contributed by atoms with Crippen LogP contribution < -0.4 is 11.1 Å². The summed E-state index contributed by atoms with van der Waals surface area (Å²) in [5, 5.41) is 2.89. The van der Waals surface area contributed by atoms with Gasteiger partial charge in [-0.05, 0) is 12.8 Å². The highest BCUT2D eigenvalue weighted by atomic mass is 16.1. The minimum atomic E-state index is -0.0591. The molecule has 0 aliphatic carbocycles. The van der Waals surface area contributed by atoms with Gasteiger partial charge in [0.25, 0.3) is 0 Å². The summed E-state index contributed by atoms with van der Waals surface area (Å²) in [7, 11) is 0. The summed E-state index contributed by atoms with van der Waals surface area (Å²) in [6.07, 6.45) is 3.92. The van der Waals surface area contributed by atoms with Crippen LogP contribution in [-0.4, -0.2) is 22.0 Å². The lowest BCUT2D eigenvalue weighted by Gasteiger charge is -2.11. The van der Waals surface area contributed by atoms with E-state index in [1.807, 2.05) is 11.5 Å². The number of rotatable bonds is 6. The van der Waals surface area contributed by atoms with Crippen molar-refractivity contribution in [3.8, 4) is 0 Å². The quantitative estimate of drug-likeness (QED) is 0.778. The summed E-state index contributed by atoms with van der Waals surface area (Å²) in [6.45, 7) is 7.41. The highest BCUT2D eigenvalue weighted by molar-refractivity contribution is 5.75. The van der Waals surface area contributed by atoms with Gasteiger partial charge < -0.3 is 15.6 Å². The molecule has 5 heteroatoms. The predicted molar refractivity (Wildman–Crippen MR) is 67.3 cm³/mol. The number of carbonyl (C=O) groups is 1. The molecule has 1 rings (SSSR count). The van der Waals surface area contributed by atoms with Crippen molar-refractivity contribution in [1.82, 2.24) is 14.9 Å². The van der Waals surface area contributed by atoms with Crippen LogP contribution in [0.4, 0.5) is 0 Å². The standard InChI is InChI=1S/C12H22N4O/c1-9(2)6-15-12(17)4-5-16-8-14-7-11(16)10(3)13/h7-10H,4-6,13H2,1-3H3,(H,15,17)/t10-/m1/s1. The van der Waals surface area contributed by atoms with Crippen LogP contribution in [-0.2, 0) is 11.3 Å². The van der Waals surface area contributed by atoms with Crippen molar-refractivity contribution in [1.29, 1.82) is 0 Å². The van der Waals surface area contributed by atoms with Crippen LogP contribution >= 0.6 is 0 Å². The molecule has 0 aliphatic rings. The number of hydrogen-bond acceptors (Lipinski definition) is 3. The first-order chi connectivity index (χ1) is 8.00. The summed E-state index contributed by atoms with van der Waals surface area (Å²) < 4.78 is 1.93. The second kappa shape index (κ2) is 6.39. The van der Waals surface area contributed by atoms with E-state index in [0.29, 0.717) is 18.9 Å². The van der Waals surface area contributed by atoms with Crippen molar-refractivity contribution in [2.24, 2.45) is 11.7 Å². The lowest BCUT2D eigenvalue weighted by molar-refractivity contribution is -0.121. The summed E-state index contributed by atoms with van der Waals surface area (Å²) in [6, 6.07) is -0.0591. The van der Waals surface area contributed by atoms with E-state index in [9.17, 15) is 4.79 Å². The number of imidazole rings is 1. The largest absolute Gasteiger partial charge is 0.356 e. The number of aryl methyl sites for hydroxylation is 1. The molecule has 0 spiro atoms. The molecule has 1 atom stereocenters. The van der Waals surface area contributed by atoms with E-state index in [4.69, 9.17) is 5.73 Å². The van der Waals surface area contributed by atoms with Gasteiger partial charge in [0.2, 0.25) is 5.91 Å². The Hall–Kier alpha value is -1.36. The molecule has 1 aromatic heterocycles. The van der Waals surface area contributed by atoms with Gasteiger partial charge in [0, 0.05) is 31.7 Å². The van der Waals surface area contributed by atoms with Crippen molar-refractivity contribution in [2.45, 2.75) is 39.8 Å². The maximum absolute atomic E-state index is 11.5. The summed E-state index contributed by atoms with van der Waals surface area (Å²) >= 11 is 0. The number of nitrogens with two attached hydrogens (primary N) is 1. The highest BCUT2D eigenvalue weighted by Gasteiger charge is 2.08. The van der Waals surface area contributed by atoms with Crippen molar-refractivity contribution in [3.63, 3.8) is 0 Å². The van der Waals surface area contributed by atoms with Crippen LogP contribution in [0, 0.1) is 5.92 Å². The molecule has 17 heavy (non-hydrogen) atoms. The molecule has 0 bridgehead atoms. The van der Waals surface area contributed by atoms with Crippen LogP contribution in [0.1, 0.15) is 38.9 Å². The van der Waals surface area contributed by atoms with E-state index in [0.717, 1.165) is 12.2 Å². The highest BCUT2D eigenvalue weighted by Crippen LogP contribution is 2.08. The molecule has 0 aromatic carbocycles. The van der Waals surface area contributed by atoms with Crippen molar-refractivity contribution >= 4 is 5.91 Å². The zero-order chi connectivity index (χ0) is 12.8. The van der Waals surface area contributed by atoms with Gasteiger partial charge >= 0.3 is 0 Å². The first-order valence-corrected chi connectivity index (χ1v) is 6.03. The summed E-state index contributed by atoms with van der Waals surface area (Å²) in [5.74, 6) is 0.551. The van der Waals surface area contributed by atoms with Gasteiger partial charge in [0.15, 0.2) is 0 Å². The van der Waals surface area contributed by atoms with Gasteiger partial charge in [-0.3, -0.25) is 4.79 Å². The average molecular weight is 238 g/mol. The average Bonchev–Trinajstić information content (AvgIpc) is 2.71. The molecule has 1 heterocycles. The molecule has 0 saturated carbocycles. The van der Waals surface area contributed by atoms with Gasteiger partial charge in [0.05, 0.1) is 12.0 Å². The molecule has 3 N–H and O–H groups in total. The van der Waals surface area contributed by atoms with Crippen LogP contribution in [0.3, 0.4) is 0 Å². The minimum Gasteiger partial charge on any atom is -0.356 e. The smallest absolute Gasteiger partial charge is 0.221 e. The fraction of sp³-hybridized carbons (Fsp3) is 0.667. The fourth-order valence-electron chi connectivity index (χ4n) is 1.53. The Morgan fingerprint density at radius 3 is 2.82 bits per heavy atom. The first-order valence-electron chi connectivity index (χ1n) is 6.03. The van der Waals surface area contributed by atoms with Crippen molar-refractivity contribution in [2.75, 3.05) is 6.54 Å². The first kappa shape index (κ1) is 13.7. The van der Waals surface area contributed by atoms with Gasteiger partial charge in [-0.25, -0.2) is 4.98 Å². The Kier molecular flexibility index (Phi) is 5.15. The normalized spacial score (nSPS) is 12.8. The number of carbonyl (C=O) groups excluding carboxylic acids is 1. The summed E-state index contributed by atoms with van der Waals surface area (Å²) in [5.41, 5.74) is 6.76. The van der Waals surface area contributed by atoms with Crippen molar-refractivity contribution in [3.05, 3.63) is 18.2 Å². The Labute approximate surface area is 102 Å². The van der Waals surface area contributed by atoms with E-state index in [1.165, 1.54) is 0 Å². The zero-order valence-corrected chi connectivity index (χ0v) is 10.8. The van der Waals surface area contributed by atoms with Crippen LogP contribution in [0.25, 0.3) is 0 Å². The number of nitrogens with one attached hydrogen (secondary N) is 1. The van der Waals surface area contributed by atoms with Crippen LogP contribution in [0.15, 0.2) is 12.5 Å². The maximum atomic E-state index is 11.5. The number of aromatic nitrogens is 2. The molecular formula is C12H22N4O. The second-order valence-electron chi connectivity index (χ2n) is 4.75. The topological polar surface area (TPSA) is 72.9 Å². The molecule has 5 nitrogen and oxygen atoms in total. The summed E-state index contributed by atoms with van der Waals surface area (Å²) in [4.78, 5) is 15.6. The molecule has 0 fully saturated rings. The molecule has 0 radical (unpaired) electrons. The van der Waals surface area contributed by atoms with Gasteiger partial charge in [-0.15, -0.1) is 0 Å². The maximum Gasteiger partial charge on any atom is 0.221 e. The lowest BCUT2D eigenvalue weighted by Crippen LogP contribution is -2.28. The zero-order valence-electron chi connectivity index (χ0n) is 10.8. The molecule has 0 aliphatic heterocycles.